The molecule has 2 rings (SSSR count). The lowest BCUT2D eigenvalue weighted by Gasteiger charge is -2.13. The van der Waals surface area contributed by atoms with Gasteiger partial charge in [-0.15, -0.1) is 0 Å². The highest BCUT2D eigenvalue weighted by atomic mass is 127. The molecule has 0 aliphatic carbocycles. The first-order valence-electron chi connectivity index (χ1n) is 5.75. The molecular weight excluding hydrogens is 342 g/mol. The van der Waals surface area contributed by atoms with Gasteiger partial charge in [0.2, 0.25) is 0 Å². The zero-order valence-corrected chi connectivity index (χ0v) is 12.2. The van der Waals surface area contributed by atoms with Crippen molar-refractivity contribution in [3.05, 3.63) is 68.5 Å². The molecule has 2 aromatic rings. The Kier molecular flexibility index (Phi) is 4.35. The van der Waals surface area contributed by atoms with Crippen LogP contribution in [0, 0.1) is 16.3 Å². The minimum absolute atomic E-state index is 0.273. The largest absolute Gasteiger partial charge is 0.388 e. The Balaban J connectivity index is 2.16. The number of aryl methyl sites for hydroxylation is 1. The van der Waals surface area contributed by atoms with Crippen LogP contribution in [0.4, 0.5) is 4.39 Å². The van der Waals surface area contributed by atoms with Gasteiger partial charge in [0.25, 0.3) is 0 Å². The van der Waals surface area contributed by atoms with Gasteiger partial charge >= 0.3 is 0 Å². The maximum atomic E-state index is 13.0. The van der Waals surface area contributed by atoms with Gasteiger partial charge in [0, 0.05) is 9.99 Å². The number of hydrogen-bond donors (Lipinski definition) is 1. The Morgan fingerprint density at radius 2 is 1.83 bits per heavy atom. The first-order valence-corrected chi connectivity index (χ1v) is 6.82. The summed E-state index contributed by atoms with van der Waals surface area (Å²) in [6, 6.07) is 12.5. The van der Waals surface area contributed by atoms with E-state index in [0.717, 1.165) is 14.7 Å². The first kappa shape index (κ1) is 13.5. The smallest absolute Gasteiger partial charge is 0.124 e. The van der Waals surface area contributed by atoms with Crippen molar-refractivity contribution < 1.29 is 9.50 Å². The van der Waals surface area contributed by atoms with Crippen molar-refractivity contribution in [3.8, 4) is 0 Å². The second-order valence-electron chi connectivity index (χ2n) is 4.37. The molecule has 0 bridgehead atoms. The highest BCUT2D eigenvalue weighted by Crippen LogP contribution is 2.24. The summed E-state index contributed by atoms with van der Waals surface area (Å²) in [4.78, 5) is 0. The molecular formula is C15H14FIO. The fourth-order valence-electron chi connectivity index (χ4n) is 1.83. The van der Waals surface area contributed by atoms with Crippen molar-refractivity contribution >= 4 is 22.6 Å². The normalized spacial score (nSPS) is 12.4. The molecule has 0 heterocycles. The van der Waals surface area contributed by atoms with Gasteiger partial charge in [0.1, 0.15) is 5.82 Å². The van der Waals surface area contributed by atoms with E-state index in [0.29, 0.717) is 6.42 Å². The number of aliphatic hydroxyl groups is 1. The molecule has 0 fully saturated rings. The van der Waals surface area contributed by atoms with Gasteiger partial charge in [0.15, 0.2) is 0 Å². The van der Waals surface area contributed by atoms with Crippen LogP contribution in [0.3, 0.4) is 0 Å². The van der Waals surface area contributed by atoms with E-state index in [-0.39, 0.29) is 5.82 Å². The third kappa shape index (κ3) is 3.29. The summed E-state index contributed by atoms with van der Waals surface area (Å²) in [7, 11) is 0. The molecule has 0 aliphatic heterocycles. The van der Waals surface area contributed by atoms with Crippen molar-refractivity contribution in [1.29, 1.82) is 0 Å². The molecule has 0 aromatic heterocycles. The van der Waals surface area contributed by atoms with Gasteiger partial charge in [-0.3, -0.25) is 0 Å². The minimum atomic E-state index is -0.597. The number of hydrogen-bond acceptors (Lipinski definition) is 1. The van der Waals surface area contributed by atoms with E-state index < -0.39 is 6.10 Å². The number of aliphatic hydroxyl groups excluding tert-OH is 1. The standard InChI is InChI=1S/C15H14FIO/c1-10-2-4-11(5-3-10)8-15(18)13-7-6-12(16)9-14(13)17/h2-7,9,15,18H,8H2,1H3. The van der Waals surface area contributed by atoms with Crippen LogP contribution in [0.5, 0.6) is 0 Å². The molecule has 3 heteroatoms. The van der Waals surface area contributed by atoms with E-state index >= 15 is 0 Å². The van der Waals surface area contributed by atoms with Crippen molar-refractivity contribution in [3.63, 3.8) is 0 Å². The molecule has 18 heavy (non-hydrogen) atoms. The van der Waals surface area contributed by atoms with Gasteiger partial charge in [-0.25, -0.2) is 4.39 Å². The lowest BCUT2D eigenvalue weighted by atomic mass is 10.0. The Labute approximate surface area is 120 Å². The summed E-state index contributed by atoms with van der Waals surface area (Å²) < 4.78 is 13.8. The SMILES string of the molecule is Cc1ccc(CC(O)c2ccc(F)cc2I)cc1. The van der Waals surface area contributed by atoms with E-state index in [1.807, 2.05) is 53.8 Å². The van der Waals surface area contributed by atoms with Crippen LogP contribution in [0.2, 0.25) is 0 Å². The Bertz CT molecular complexity index is 537. The third-order valence-corrected chi connectivity index (χ3v) is 3.81. The second kappa shape index (κ2) is 5.80. The molecule has 94 valence electrons. The molecule has 1 atom stereocenters. The second-order valence-corrected chi connectivity index (χ2v) is 5.53. The summed E-state index contributed by atoms with van der Waals surface area (Å²) in [6.07, 6.45) is -0.0535. The zero-order chi connectivity index (χ0) is 13.1. The predicted molar refractivity (Wildman–Crippen MR) is 79.0 cm³/mol. The van der Waals surface area contributed by atoms with Crippen molar-refractivity contribution in [2.24, 2.45) is 0 Å². The van der Waals surface area contributed by atoms with E-state index in [4.69, 9.17) is 0 Å². The highest BCUT2D eigenvalue weighted by molar-refractivity contribution is 14.1. The van der Waals surface area contributed by atoms with E-state index in [1.54, 1.807) is 6.07 Å². The number of benzene rings is 2. The lowest BCUT2D eigenvalue weighted by molar-refractivity contribution is 0.177. The van der Waals surface area contributed by atoms with Crippen molar-refractivity contribution in [2.75, 3.05) is 0 Å². The van der Waals surface area contributed by atoms with Gasteiger partial charge in [-0.1, -0.05) is 35.9 Å². The van der Waals surface area contributed by atoms with Gasteiger partial charge in [-0.05, 0) is 52.8 Å². The fraction of sp³-hybridized carbons (Fsp3) is 0.200. The van der Waals surface area contributed by atoms with Crippen LogP contribution in [-0.2, 0) is 6.42 Å². The average molecular weight is 356 g/mol. The molecule has 1 unspecified atom stereocenters. The predicted octanol–water partition coefficient (Wildman–Crippen LogP) is 4.01. The topological polar surface area (TPSA) is 20.2 Å². The molecule has 1 nitrogen and oxygen atoms in total. The Hall–Kier alpha value is -0.940. The molecule has 0 aliphatic rings. The Morgan fingerprint density at radius 1 is 1.17 bits per heavy atom. The molecule has 0 saturated carbocycles. The van der Waals surface area contributed by atoms with E-state index in [2.05, 4.69) is 0 Å². The first-order chi connectivity index (χ1) is 8.56. The lowest BCUT2D eigenvalue weighted by Crippen LogP contribution is -2.04. The summed E-state index contributed by atoms with van der Waals surface area (Å²) >= 11 is 2.05. The summed E-state index contributed by atoms with van der Waals surface area (Å²) in [5.41, 5.74) is 3.05. The molecule has 0 radical (unpaired) electrons. The minimum Gasteiger partial charge on any atom is -0.388 e. The average Bonchev–Trinajstić information content (AvgIpc) is 2.32. The van der Waals surface area contributed by atoms with E-state index in [1.165, 1.54) is 17.7 Å². The third-order valence-electron chi connectivity index (χ3n) is 2.87. The van der Waals surface area contributed by atoms with Crippen LogP contribution < -0.4 is 0 Å². The molecule has 0 spiro atoms. The maximum Gasteiger partial charge on any atom is 0.124 e. The number of halogens is 2. The van der Waals surface area contributed by atoms with Crippen LogP contribution >= 0.6 is 22.6 Å². The quantitative estimate of drug-likeness (QED) is 0.824. The highest BCUT2D eigenvalue weighted by Gasteiger charge is 2.12. The van der Waals surface area contributed by atoms with Crippen LogP contribution in [0.15, 0.2) is 42.5 Å². The molecule has 2 aromatic carbocycles. The van der Waals surface area contributed by atoms with Gasteiger partial charge in [0.05, 0.1) is 6.10 Å². The monoisotopic (exact) mass is 356 g/mol. The molecule has 0 saturated heterocycles. The van der Waals surface area contributed by atoms with E-state index in [9.17, 15) is 9.50 Å². The molecule has 1 N–H and O–H groups in total. The summed E-state index contributed by atoms with van der Waals surface area (Å²) in [6.45, 7) is 2.03. The Morgan fingerprint density at radius 3 is 2.44 bits per heavy atom. The summed E-state index contributed by atoms with van der Waals surface area (Å²) in [5.74, 6) is -0.273. The zero-order valence-electron chi connectivity index (χ0n) is 10.0. The van der Waals surface area contributed by atoms with Crippen LogP contribution in [0.25, 0.3) is 0 Å². The molecule has 0 amide bonds. The fourth-order valence-corrected chi connectivity index (χ4v) is 2.67. The number of rotatable bonds is 3. The van der Waals surface area contributed by atoms with Crippen LogP contribution in [0.1, 0.15) is 22.8 Å². The van der Waals surface area contributed by atoms with Crippen LogP contribution in [-0.4, -0.2) is 5.11 Å². The van der Waals surface area contributed by atoms with Gasteiger partial charge < -0.3 is 5.11 Å². The van der Waals surface area contributed by atoms with Crippen molar-refractivity contribution in [2.45, 2.75) is 19.4 Å². The van der Waals surface area contributed by atoms with Crippen molar-refractivity contribution in [1.82, 2.24) is 0 Å². The summed E-state index contributed by atoms with van der Waals surface area (Å²) in [5, 5.41) is 10.2. The van der Waals surface area contributed by atoms with Gasteiger partial charge in [-0.2, -0.15) is 0 Å². The maximum absolute atomic E-state index is 13.0.